The lowest BCUT2D eigenvalue weighted by Gasteiger charge is -2.18. The van der Waals surface area contributed by atoms with Crippen molar-refractivity contribution < 1.29 is 19.1 Å². The van der Waals surface area contributed by atoms with Crippen LogP contribution in [-0.4, -0.2) is 67.4 Å². The highest BCUT2D eigenvalue weighted by molar-refractivity contribution is 9.10. The fourth-order valence-electron chi connectivity index (χ4n) is 4.10. The molecule has 31 heavy (non-hydrogen) atoms. The zero-order chi connectivity index (χ0) is 22.6. The molecule has 2 amide bonds. The second-order valence-corrected chi connectivity index (χ2v) is 8.55. The molecule has 3 aromatic rings. The van der Waals surface area contributed by atoms with Crippen molar-refractivity contribution in [1.82, 2.24) is 14.8 Å². The Kier molecular flexibility index (Phi) is 5.13. The van der Waals surface area contributed by atoms with Crippen LogP contribution < -0.4 is 0 Å². The Balaban J connectivity index is 2.11. The number of amides is 2. The molecule has 1 aliphatic rings. The number of H-pyrrole nitrogens is 1. The van der Waals surface area contributed by atoms with Crippen molar-refractivity contribution in [3.8, 4) is 22.3 Å². The van der Waals surface area contributed by atoms with E-state index in [1.54, 1.807) is 47.2 Å². The standard InChI is InChI=1S/C23H22BrN3O4/c1-6-31-23(30)19-17-11-7-9-13(21(28)26(2)3)16-14(22(29)27(4)5)10-8-12(15(11)16)18(17)20(24)25-19/h7-10,25H,6H2,1-5H3. The monoisotopic (exact) mass is 483 g/mol. The van der Waals surface area contributed by atoms with E-state index in [4.69, 9.17) is 4.74 Å². The average Bonchev–Trinajstić information content (AvgIpc) is 3.24. The van der Waals surface area contributed by atoms with Gasteiger partial charge in [-0.15, -0.1) is 0 Å². The van der Waals surface area contributed by atoms with E-state index < -0.39 is 5.97 Å². The normalized spacial score (nSPS) is 11.4. The fourth-order valence-corrected chi connectivity index (χ4v) is 4.71. The maximum absolute atomic E-state index is 13.0. The van der Waals surface area contributed by atoms with Gasteiger partial charge in [0.15, 0.2) is 0 Å². The van der Waals surface area contributed by atoms with Gasteiger partial charge in [0.2, 0.25) is 0 Å². The van der Waals surface area contributed by atoms with Crippen molar-refractivity contribution in [2.24, 2.45) is 0 Å². The number of aromatic nitrogens is 1. The zero-order valence-corrected chi connectivity index (χ0v) is 19.5. The molecule has 7 nitrogen and oxygen atoms in total. The van der Waals surface area contributed by atoms with Crippen LogP contribution in [0.4, 0.5) is 0 Å². The maximum atomic E-state index is 13.0. The van der Waals surface area contributed by atoms with Crippen molar-refractivity contribution >= 4 is 44.5 Å². The van der Waals surface area contributed by atoms with Gasteiger partial charge in [0.05, 0.1) is 11.2 Å². The van der Waals surface area contributed by atoms with E-state index in [0.717, 1.165) is 22.1 Å². The van der Waals surface area contributed by atoms with Crippen LogP contribution in [0.2, 0.25) is 0 Å². The van der Waals surface area contributed by atoms with Crippen LogP contribution in [0.15, 0.2) is 28.9 Å². The quantitative estimate of drug-likeness (QED) is 0.441. The molecule has 1 heterocycles. The van der Waals surface area contributed by atoms with E-state index in [1.165, 1.54) is 9.80 Å². The number of carbonyl (C=O) groups is 3. The lowest BCUT2D eigenvalue weighted by molar-refractivity contribution is 0.0520. The Morgan fingerprint density at radius 2 is 1.39 bits per heavy atom. The van der Waals surface area contributed by atoms with Crippen LogP contribution in [0.5, 0.6) is 0 Å². The van der Waals surface area contributed by atoms with Crippen LogP contribution in [0.3, 0.4) is 0 Å². The first-order valence-corrected chi connectivity index (χ1v) is 10.6. The fraction of sp³-hybridized carbons (Fsp3) is 0.261. The third kappa shape index (κ3) is 3.05. The molecule has 160 valence electrons. The number of rotatable bonds is 4. The number of nitrogens with one attached hydrogen (secondary N) is 1. The molecule has 1 aliphatic carbocycles. The third-order valence-electron chi connectivity index (χ3n) is 5.41. The van der Waals surface area contributed by atoms with Gasteiger partial charge in [-0.1, -0.05) is 12.1 Å². The Hall–Kier alpha value is -3.13. The molecule has 8 heteroatoms. The van der Waals surface area contributed by atoms with Gasteiger partial charge in [0.1, 0.15) is 5.69 Å². The van der Waals surface area contributed by atoms with Gasteiger partial charge >= 0.3 is 5.97 Å². The van der Waals surface area contributed by atoms with Crippen molar-refractivity contribution in [1.29, 1.82) is 0 Å². The number of hydrogen-bond acceptors (Lipinski definition) is 4. The van der Waals surface area contributed by atoms with Gasteiger partial charge in [-0.25, -0.2) is 4.79 Å². The molecule has 0 spiro atoms. The predicted molar refractivity (Wildman–Crippen MR) is 122 cm³/mol. The van der Waals surface area contributed by atoms with Crippen molar-refractivity contribution in [2.45, 2.75) is 6.92 Å². The third-order valence-corrected chi connectivity index (χ3v) is 6.00. The number of halogens is 1. The lowest BCUT2D eigenvalue weighted by atomic mass is 9.93. The topological polar surface area (TPSA) is 82.7 Å². The van der Waals surface area contributed by atoms with E-state index >= 15 is 0 Å². The van der Waals surface area contributed by atoms with Crippen LogP contribution in [-0.2, 0) is 4.74 Å². The Labute approximate surface area is 188 Å². The Morgan fingerprint density at radius 1 is 0.871 bits per heavy atom. The van der Waals surface area contributed by atoms with Crippen LogP contribution in [0.25, 0.3) is 33.0 Å². The van der Waals surface area contributed by atoms with Gasteiger partial charge < -0.3 is 19.5 Å². The number of fused-ring (bicyclic) bond motifs is 3. The molecule has 0 fully saturated rings. The number of hydrogen-bond donors (Lipinski definition) is 1. The summed E-state index contributed by atoms with van der Waals surface area (Å²) in [4.78, 5) is 44.7. The van der Waals surface area contributed by atoms with Gasteiger partial charge in [0, 0.05) is 55.8 Å². The minimum atomic E-state index is -0.455. The van der Waals surface area contributed by atoms with Crippen LogP contribution in [0.1, 0.15) is 38.1 Å². The summed E-state index contributed by atoms with van der Waals surface area (Å²) < 4.78 is 5.88. The SMILES string of the molecule is CCOC(=O)c1[nH]c(Br)c2c1-c1ccc(C(=O)N(C)C)c3c(C(=O)N(C)C)ccc-2c13. The van der Waals surface area contributed by atoms with Gasteiger partial charge in [-0.2, -0.15) is 0 Å². The largest absolute Gasteiger partial charge is 0.461 e. The molecule has 0 radical (unpaired) electrons. The molecule has 1 aromatic heterocycles. The molecule has 0 aliphatic heterocycles. The summed E-state index contributed by atoms with van der Waals surface area (Å²) in [5.41, 5.74) is 4.40. The summed E-state index contributed by atoms with van der Waals surface area (Å²) in [5.74, 6) is -0.845. The van der Waals surface area contributed by atoms with Gasteiger partial charge in [-0.05, 0) is 51.5 Å². The molecule has 0 unspecified atom stereocenters. The highest BCUT2D eigenvalue weighted by Gasteiger charge is 2.34. The molecule has 0 saturated heterocycles. The summed E-state index contributed by atoms with van der Waals surface area (Å²) in [6.07, 6.45) is 0. The van der Waals surface area contributed by atoms with E-state index in [1.807, 2.05) is 12.1 Å². The van der Waals surface area contributed by atoms with E-state index in [0.29, 0.717) is 32.4 Å². The van der Waals surface area contributed by atoms with Crippen molar-refractivity contribution in [3.63, 3.8) is 0 Å². The lowest BCUT2D eigenvalue weighted by Crippen LogP contribution is -2.25. The summed E-state index contributed by atoms with van der Waals surface area (Å²) in [6.45, 7) is 2.01. The van der Waals surface area contributed by atoms with E-state index in [2.05, 4.69) is 20.9 Å². The number of ether oxygens (including phenoxy) is 1. The van der Waals surface area contributed by atoms with Gasteiger partial charge in [-0.3, -0.25) is 9.59 Å². The minimum absolute atomic E-state index is 0.195. The first-order valence-electron chi connectivity index (χ1n) is 9.81. The average molecular weight is 484 g/mol. The number of carbonyl (C=O) groups excluding carboxylic acids is 3. The zero-order valence-electron chi connectivity index (χ0n) is 17.9. The Bertz CT molecular complexity index is 1250. The smallest absolute Gasteiger partial charge is 0.355 e. The summed E-state index contributed by atoms with van der Waals surface area (Å²) in [7, 11) is 6.71. The van der Waals surface area contributed by atoms with Crippen LogP contribution in [0, 0.1) is 0 Å². The van der Waals surface area contributed by atoms with E-state index in [9.17, 15) is 14.4 Å². The predicted octanol–water partition coefficient (Wildman–Crippen LogP) is 4.16. The molecule has 0 bridgehead atoms. The minimum Gasteiger partial charge on any atom is -0.461 e. The second-order valence-electron chi connectivity index (χ2n) is 7.75. The number of aromatic amines is 1. The molecule has 0 atom stereocenters. The van der Waals surface area contributed by atoms with Crippen LogP contribution >= 0.6 is 15.9 Å². The highest BCUT2D eigenvalue weighted by Crippen LogP contribution is 2.53. The van der Waals surface area contributed by atoms with Crippen molar-refractivity contribution in [2.75, 3.05) is 34.8 Å². The summed E-state index contributed by atoms with van der Waals surface area (Å²) in [6, 6.07) is 7.17. The summed E-state index contributed by atoms with van der Waals surface area (Å²) >= 11 is 3.54. The van der Waals surface area contributed by atoms with Crippen molar-refractivity contribution in [3.05, 3.63) is 45.7 Å². The Morgan fingerprint density at radius 3 is 1.87 bits per heavy atom. The first-order chi connectivity index (χ1) is 14.7. The molecule has 0 saturated carbocycles. The van der Waals surface area contributed by atoms with Gasteiger partial charge in [0.25, 0.3) is 11.8 Å². The summed E-state index contributed by atoms with van der Waals surface area (Å²) in [5, 5.41) is 1.37. The highest BCUT2D eigenvalue weighted by atomic mass is 79.9. The number of nitrogens with zero attached hydrogens (tertiary/aromatic N) is 2. The number of esters is 1. The second kappa shape index (κ2) is 7.53. The first kappa shape index (κ1) is 21.1. The molecule has 4 rings (SSSR count). The number of benzene rings is 2. The maximum Gasteiger partial charge on any atom is 0.355 e. The molecular weight excluding hydrogens is 462 g/mol. The molecule has 1 N–H and O–H groups in total. The van der Waals surface area contributed by atoms with E-state index in [-0.39, 0.29) is 18.4 Å². The molecule has 2 aromatic carbocycles. The molecular formula is C23H22BrN3O4.